The third-order valence-electron chi connectivity index (χ3n) is 4.58. The summed E-state index contributed by atoms with van der Waals surface area (Å²) >= 11 is 0. The number of likely N-dealkylation sites (tertiary alicyclic amines) is 1. The Morgan fingerprint density at radius 1 is 1.09 bits per heavy atom. The Bertz CT molecular complexity index is 627. The first-order valence-corrected chi connectivity index (χ1v) is 8.32. The van der Waals surface area contributed by atoms with Crippen molar-refractivity contribution < 1.29 is 4.79 Å². The van der Waals surface area contributed by atoms with Gasteiger partial charge in [0.15, 0.2) is 0 Å². The highest BCUT2D eigenvalue weighted by Gasteiger charge is 2.29. The second kappa shape index (κ2) is 7.42. The maximum atomic E-state index is 11.6. The summed E-state index contributed by atoms with van der Waals surface area (Å²) in [5, 5.41) is 3.14. The molecule has 3 rings (SSSR count). The number of hydrogen-bond acceptors (Lipinski definition) is 2. The van der Waals surface area contributed by atoms with Crippen molar-refractivity contribution in [3.05, 3.63) is 71.8 Å². The van der Waals surface area contributed by atoms with Gasteiger partial charge in [-0.05, 0) is 29.9 Å². The van der Waals surface area contributed by atoms with E-state index in [1.165, 1.54) is 11.1 Å². The van der Waals surface area contributed by atoms with Crippen LogP contribution in [0.3, 0.4) is 0 Å². The standard InChI is InChI=1S/C20H24N2O/c1-16(23)21-20-14-19(18-10-6-3-7-11-18)12-13-22(20)15-17-8-4-2-5-9-17/h2-11,19-20H,12-15H2,1H3,(H,21,23). The molecule has 1 aliphatic heterocycles. The van der Waals surface area contributed by atoms with Gasteiger partial charge in [0, 0.05) is 20.0 Å². The minimum atomic E-state index is 0.0433. The molecule has 2 unspecified atom stereocenters. The molecule has 1 N–H and O–H groups in total. The largest absolute Gasteiger partial charge is 0.341 e. The Hall–Kier alpha value is -2.13. The van der Waals surface area contributed by atoms with Crippen LogP contribution in [0.1, 0.15) is 36.8 Å². The number of carbonyl (C=O) groups excluding carboxylic acids is 1. The van der Waals surface area contributed by atoms with Crippen LogP contribution in [0.5, 0.6) is 0 Å². The Balaban J connectivity index is 1.72. The maximum absolute atomic E-state index is 11.6. The zero-order chi connectivity index (χ0) is 16.1. The summed E-state index contributed by atoms with van der Waals surface area (Å²) in [5.41, 5.74) is 2.67. The van der Waals surface area contributed by atoms with Gasteiger partial charge in [-0.25, -0.2) is 0 Å². The fourth-order valence-corrected chi connectivity index (χ4v) is 3.43. The first-order valence-electron chi connectivity index (χ1n) is 8.32. The zero-order valence-electron chi connectivity index (χ0n) is 13.6. The van der Waals surface area contributed by atoms with Crippen LogP contribution in [0, 0.1) is 0 Å². The lowest BCUT2D eigenvalue weighted by atomic mass is 9.87. The molecule has 3 nitrogen and oxygen atoms in total. The van der Waals surface area contributed by atoms with Crippen molar-refractivity contribution >= 4 is 5.91 Å². The predicted octanol–water partition coefficient (Wildman–Crippen LogP) is 3.53. The average molecular weight is 308 g/mol. The molecule has 2 aromatic carbocycles. The fraction of sp³-hybridized carbons (Fsp3) is 0.350. The van der Waals surface area contributed by atoms with E-state index in [-0.39, 0.29) is 12.1 Å². The van der Waals surface area contributed by atoms with Crippen molar-refractivity contribution in [3.8, 4) is 0 Å². The van der Waals surface area contributed by atoms with Crippen LogP contribution < -0.4 is 5.32 Å². The van der Waals surface area contributed by atoms with E-state index in [1.54, 1.807) is 6.92 Å². The molecule has 3 heteroatoms. The van der Waals surface area contributed by atoms with Gasteiger partial charge in [0.2, 0.25) is 5.91 Å². The Morgan fingerprint density at radius 2 is 1.74 bits per heavy atom. The SMILES string of the molecule is CC(=O)NC1CC(c2ccccc2)CCN1Cc1ccccc1. The van der Waals surface area contributed by atoms with Gasteiger partial charge in [-0.3, -0.25) is 9.69 Å². The molecule has 1 aliphatic rings. The highest BCUT2D eigenvalue weighted by atomic mass is 16.1. The normalized spacial score (nSPS) is 21.8. The van der Waals surface area contributed by atoms with Crippen LogP contribution in [0.25, 0.3) is 0 Å². The Labute approximate surface area is 138 Å². The van der Waals surface area contributed by atoms with Gasteiger partial charge in [-0.2, -0.15) is 0 Å². The minimum absolute atomic E-state index is 0.0433. The summed E-state index contributed by atoms with van der Waals surface area (Å²) in [5.74, 6) is 0.557. The van der Waals surface area contributed by atoms with Crippen LogP contribution >= 0.6 is 0 Å². The number of piperidine rings is 1. The number of amides is 1. The summed E-state index contributed by atoms with van der Waals surface area (Å²) < 4.78 is 0. The summed E-state index contributed by atoms with van der Waals surface area (Å²) in [6.45, 7) is 3.49. The lowest BCUT2D eigenvalue weighted by molar-refractivity contribution is -0.121. The Kier molecular flexibility index (Phi) is 5.09. The van der Waals surface area contributed by atoms with Crippen LogP contribution in [0.2, 0.25) is 0 Å². The molecule has 23 heavy (non-hydrogen) atoms. The van der Waals surface area contributed by atoms with E-state index in [4.69, 9.17) is 0 Å². The molecule has 0 bridgehead atoms. The van der Waals surface area contributed by atoms with Gasteiger partial charge >= 0.3 is 0 Å². The number of nitrogens with one attached hydrogen (secondary N) is 1. The van der Waals surface area contributed by atoms with E-state index in [2.05, 4.69) is 64.8 Å². The van der Waals surface area contributed by atoms with Crippen molar-refractivity contribution in [3.63, 3.8) is 0 Å². The predicted molar refractivity (Wildman–Crippen MR) is 92.9 cm³/mol. The van der Waals surface area contributed by atoms with Gasteiger partial charge in [0.25, 0.3) is 0 Å². The summed E-state index contributed by atoms with van der Waals surface area (Å²) in [6.07, 6.45) is 2.20. The molecule has 120 valence electrons. The molecular weight excluding hydrogens is 284 g/mol. The third kappa shape index (κ3) is 4.20. The fourth-order valence-electron chi connectivity index (χ4n) is 3.43. The first-order chi connectivity index (χ1) is 11.2. The number of nitrogens with zero attached hydrogens (tertiary/aromatic N) is 1. The number of hydrogen-bond donors (Lipinski definition) is 1. The average Bonchev–Trinajstić information content (AvgIpc) is 2.58. The van der Waals surface area contributed by atoms with E-state index in [9.17, 15) is 4.79 Å². The lowest BCUT2D eigenvalue weighted by Crippen LogP contribution is -2.51. The molecule has 0 radical (unpaired) electrons. The van der Waals surface area contributed by atoms with E-state index in [1.807, 2.05) is 6.07 Å². The van der Waals surface area contributed by atoms with Gasteiger partial charge < -0.3 is 5.32 Å². The van der Waals surface area contributed by atoms with Crippen LogP contribution in [0.4, 0.5) is 0 Å². The van der Waals surface area contributed by atoms with E-state index < -0.39 is 0 Å². The van der Waals surface area contributed by atoms with Crippen LogP contribution in [-0.2, 0) is 11.3 Å². The molecule has 2 atom stereocenters. The monoisotopic (exact) mass is 308 g/mol. The first kappa shape index (κ1) is 15.8. The van der Waals surface area contributed by atoms with Gasteiger partial charge in [0.05, 0.1) is 6.17 Å². The Morgan fingerprint density at radius 3 is 2.39 bits per heavy atom. The van der Waals surface area contributed by atoms with E-state index >= 15 is 0 Å². The topological polar surface area (TPSA) is 32.3 Å². The second-order valence-electron chi connectivity index (χ2n) is 6.30. The highest BCUT2D eigenvalue weighted by molar-refractivity contribution is 5.73. The van der Waals surface area contributed by atoms with E-state index in [0.29, 0.717) is 5.92 Å². The molecule has 0 aliphatic carbocycles. The summed E-state index contributed by atoms with van der Waals surface area (Å²) in [6, 6.07) is 21.1. The molecule has 1 saturated heterocycles. The number of rotatable bonds is 4. The zero-order valence-corrected chi connectivity index (χ0v) is 13.6. The van der Waals surface area contributed by atoms with Crippen molar-refractivity contribution in [2.75, 3.05) is 6.54 Å². The summed E-state index contributed by atoms with van der Waals surface area (Å²) in [7, 11) is 0. The van der Waals surface area contributed by atoms with Crippen molar-refractivity contribution in [2.24, 2.45) is 0 Å². The van der Waals surface area contributed by atoms with Crippen LogP contribution in [0.15, 0.2) is 60.7 Å². The minimum Gasteiger partial charge on any atom is -0.341 e. The molecular formula is C20H24N2O. The maximum Gasteiger partial charge on any atom is 0.218 e. The van der Waals surface area contributed by atoms with Crippen molar-refractivity contribution in [1.82, 2.24) is 10.2 Å². The second-order valence-corrected chi connectivity index (χ2v) is 6.30. The van der Waals surface area contributed by atoms with Crippen molar-refractivity contribution in [2.45, 2.75) is 38.4 Å². The third-order valence-corrected chi connectivity index (χ3v) is 4.58. The van der Waals surface area contributed by atoms with E-state index in [0.717, 1.165) is 25.9 Å². The van der Waals surface area contributed by atoms with Crippen LogP contribution in [-0.4, -0.2) is 23.5 Å². The van der Waals surface area contributed by atoms with Gasteiger partial charge in [0.1, 0.15) is 0 Å². The van der Waals surface area contributed by atoms with Crippen molar-refractivity contribution in [1.29, 1.82) is 0 Å². The lowest BCUT2D eigenvalue weighted by Gasteiger charge is -2.40. The quantitative estimate of drug-likeness (QED) is 0.937. The smallest absolute Gasteiger partial charge is 0.218 e. The van der Waals surface area contributed by atoms with Gasteiger partial charge in [-0.15, -0.1) is 0 Å². The van der Waals surface area contributed by atoms with Gasteiger partial charge in [-0.1, -0.05) is 60.7 Å². The molecule has 1 fully saturated rings. The number of benzene rings is 2. The molecule has 0 saturated carbocycles. The summed E-state index contributed by atoms with van der Waals surface area (Å²) in [4.78, 5) is 14.0. The molecule has 1 amide bonds. The molecule has 1 heterocycles. The molecule has 0 spiro atoms. The molecule has 2 aromatic rings. The number of carbonyl (C=O) groups is 1. The molecule has 0 aromatic heterocycles. The highest BCUT2D eigenvalue weighted by Crippen LogP contribution is 2.31.